The predicted octanol–water partition coefficient (Wildman–Crippen LogP) is 11.4. The van der Waals surface area contributed by atoms with E-state index < -0.39 is 5.41 Å². The maximum absolute atomic E-state index is 8.13. The van der Waals surface area contributed by atoms with Crippen LogP contribution in [0.15, 0.2) is 170 Å². The average Bonchev–Trinajstić information content (AvgIpc) is 3.68. The minimum absolute atomic E-state index is 0.532. The lowest BCUT2D eigenvalue weighted by Crippen LogP contribution is -2.25. The Bertz CT molecular complexity index is 2600. The number of fused-ring (bicyclic) bond motifs is 10. The molecule has 0 saturated carbocycles. The molecule has 0 amide bonds. The van der Waals surface area contributed by atoms with Gasteiger partial charge in [-0.05, 0) is 67.8 Å². The fourth-order valence-corrected chi connectivity index (χ4v) is 8.22. The van der Waals surface area contributed by atoms with E-state index in [0.717, 1.165) is 38.9 Å². The fraction of sp³-hybridized carbons (Fsp3) is 0.0213. The van der Waals surface area contributed by atoms with Gasteiger partial charge in [0, 0.05) is 16.7 Å². The first kappa shape index (κ1) is 29.0. The zero-order valence-corrected chi connectivity index (χ0v) is 27.5. The highest BCUT2D eigenvalue weighted by Gasteiger charge is 2.52. The first-order valence-electron chi connectivity index (χ1n) is 17.1. The molecule has 0 bridgehead atoms. The highest BCUT2D eigenvalue weighted by molar-refractivity contribution is 5.99. The molecule has 0 N–H and O–H groups in total. The van der Waals surface area contributed by atoms with Crippen molar-refractivity contribution in [2.75, 3.05) is 0 Å². The molecule has 236 valence electrons. The first-order chi connectivity index (χ1) is 25.2. The Morgan fingerprint density at radius 3 is 1.49 bits per heavy atom. The fourth-order valence-electron chi connectivity index (χ4n) is 8.22. The van der Waals surface area contributed by atoms with Gasteiger partial charge >= 0.3 is 0 Å². The van der Waals surface area contributed by atoms with Crippen molar-refractivity contribution in [1.82, 2.24) is 15.0 Å². The number of hydrogen-bond donors (Lipinski definition) is 0. The topological polar surface area (TPSA) is 43.0 Å². The Balaban J connectivity index is 1.17. The van der Waals surface area contributed by atoms with Crippen LogP contribution in [0.25, 0.3) is 72.4 Å². The van der Waals surface area contributed by atoms with E-state index in [0.29, 0.717) is 23.2 Å². The third-order valence-electron chi connectivity index (χ3n) is 10.4. The van der Waals surface area contributed by atoms with E-state index in [9.17, 15) is 0 Å². The lowest BCUT2D eigenvalue weighted by molar-refractivity contribution is 0.794. The summed E-state index contributed by atoms with van der Waals surface area (Å²) in [6.45, 7) is 8.13. The minimum Gasteiger partial charge on any atom is -0.238 e. The van der Waals surface area contributed by atoms with E-state index in [2.05, 4.69) is 102 Å². The Morgan fingerprint density at radius 1 is 0.373 bits per heavy atom. The molecule has 1 aromatic heterocycles. The normalized spacial score (nSPS) is 12.8. The molecule has 2 aliphatic carbocycles. The summed E-state index contributed by atoms with van der Waals surface area (Å²) in [6, 6.07) is 59.1. The second kappa shape index (κ2) is 11.3. The lowest BCUT2D eigenvalue weighted by Gasteiger charge is -2.31. The second-order valence-electron chi connectivity index (χ2n) is 13.0. The van der Waals surface area contributed by atoms with Crippen molar-refractivity contribution in [2.24, 2.45) is 0 Å². The molecule has 0 unspecified atom stereocenters. The zero-order valence-electron chi connectivity index (χ0n) is 27.5. The van der Waals surface area contributed by atoms with Gasteiger partial charge in [0.15, 0.2) is 23.2 Å². The van der Waals surface area contributed by atoms with Crippen molar-refractivity contribution >= 4 is 5.69 Å². The van der Waals surface area contributed by atoms with Crippen LogP contribution < -0.4 is 0 Å². The molecule has 2 aliphatic rings. The van der Waals surface area contributed by atoms with Crippen molar-refractivity contribution in [1.29, 1.82) is 0 Å². The van der Waals surface area contributed by atoms with E-state index in [4.69, 9.17) is 21.5 Å². The standard InChI is InChI=1S/C47H28N4/c1-48-42-25-13-24-40-43(42)37-27-26-33(29-41(37)47(40)38-22-10-8-20-35(38)36-21-9-11-23-39(36)47)32-18-12-19-34(28-32)46-50-44(30-14-4-2-5-15-30)49-45(51-46)31-16-6-3-7-17-31/h2-29H. The van der Waals surface area contributed by atoms with Crippen LogP contribution >= 0.6 is 0 Å². The Labute approximate surface area is 296 Å². The highest BCUT2D eigenvalue weighted by Crippen LogP contribution is 2.64. The Kier molecular flexibility index (Phi) is 6.43. The molecule has 7 aromatic carbocycles. The van der Waals surface area contributed by atoms with Crippen LogP contribution in [0, 0.1) is 6.57 Å². The molecule has 51 heavy (non-hydrogen) atoms. The third-order valence-corrected chi connectivity index (χ3v) is 10.4. The molecule has 4 nitrogen and oxygen atoms in total. The molecule has 8 aromatic rings. The Morgan fingerprint density at radius 2 is 0.863 bits per heavy atom. The van der Waals surface area contributed by atoms with Crippen molar-refractivity contribution in [2.45, 2.75) is 5.41 Å². The van der Waals surface area contributed by atoms with Gasteiger partial charge in [0.05, 0.1) is 12.0 Å². The first-order valence-corrected chi connectivity index (χ1v) is 17.1. The molecule has 1 spiro atoms. The number of hydrogen-bond acceptors (Lipinski definition) is 3. The molecule has 0 aliphatic heterocycles. The third kappa shape index (κ3) is 4.29. The summed E-state index contributed by atoms with van der Waals surface area (Å²) in [5, 5.41) is 0. The summed E-state index contributed by atoms with van der Waals surface area (Å²) in [7, 11) is 0. The van der Waals surface area contributed by atoms with E-state index in [1.54, 1.807) is 0 Å². The van der Waals surface area contributed by atoms with Gasteiger partial charge in [-0.15, -0.1) is 0 Å². The van der Waals surface area contributed by atoms with Gasteiger partial charge in [-0.3, -0.25) is 0 Å². The van der Waals surface area contributed by atoms with Crippen LogP contribution in [-0.4, -0.2) is 15.0 Å². The van der Waals surface area contributed by atoms with Crippen LogP contribution in [0.3, 0.4) is 0 Å². The molecule has 0 saturated heterocycles. The maximum Gasteiger partial charge on any atom is 0.195 e. The van der Waals surface area contributed by atoms with E-state index >= 15 is 0 Å². The summed E-state index contributed by atoms with van der Waals surface area (Å²) in [4.78, 5) is 18.9. The van der Waals surface area contributed by atoms with E-state index in [1.165, 1.54) is 33.4 Å². The minimum atomic E-state index is -0.532. The van der Waals surface area contributed by atoms with Crippen molar-refractivity contribution < 1.29 is 0 Å². The quantitative estimate of drug-likeness (QED) is 0.178. The van der Waals surface area contributed by atoms with Crippen LogP contribution in [0.5, 0.6) is 0 Å². The maximum atomic E-state index is 8.13. The summed E-state index contributed by atoms with van der Waals surface area (Å²) >= 11 is 0. The van der Waals surface area contributed by atoms with Crippen molar-refractivity contribution in [3.05, 3.63) is 204 Å². The molecule has 4 heteroatoms. The summed E-state index contributed by atoms with van der Waals surface area (Å²) in [6.07, 6.45) is 0. The van der Waals surface area contributed by atoms with Gasteiger partial charge in [0.1, 0.15) is 0 Å². The summed E-state index contributed by atoms with van der Waals surface area (Å²) in [5.74, 6) is 1.89. The van der Waals surface area contributed by atoms with Crippen LogP contribution in [-0.2, 0) is 5.41 Å². The number of rotatable bonds is 4. The lowest BCUT2D eigenvalue weighted by atomic mass is 9.70. The van der Waals surface area contributed by atoms with Gasteiger partial charge in [-0.25, -0.2) is 19.8 Å². The van der Waals surface area contributed by atoms with Gasteiger partial charge < -0.3 is 0 Å². The number of benzene rings is 7. The van der Waals surface area contributed by atoms with Crippen LogP contribution in [0.4, 0.5) is 5.69 Å². The number of aromatic nitrogens is 3. The van der Waals surface area contributed by atoms with Crippen LogP contribution in [0.2, 0.25) is 0 Å². The summed E-state index contributed by atoms with van der Waals surface area (Å²) in [5.41, 5.74) is 14.6. The largest absolute Gasteiger partial charge is 0.238 e. The van der Waals surface area contributed by atoms with E-state index in [1.807, 2.05) is 72.8 Å². The molecule has 0 radical (unpaired) electrons. The predicted molar refractivity (Wildman–Crippen MR) is 204 cm³/mol. The smallest absolute Gasteiger partial charge is 0.195 e. The number of nitrogens with zero attached hydrogens (tertiary/aromatic N) is 4. The van der Waals surface area contributed by atoms with Gasteiger partial charge in [-0.1, -0.05) is 158 Å². The molecule has 1 heterocycles. The van der Waals surface area contributed by atoms with Gasteiger partial charge in [0.25, 0.3) is 0 Å². The SMILES string of the molecule is [C-]#[N+]c1cccc2c1-c1ccc(-c3cccc(-c4nc(-c5ccccc5)nc(-c5ccccc5)n4)c3)cc1C21c2ccccc2-c2ccccc21. The zero-order chi connectivity index (χ0) is 33.9. The molecular formula is C47H28N4. The summed E-state index contributed by atoms with van der Waals surface area (Å²) < 4.78 is 0. The van der Waals surface area contributed by atoms with Crippen molar-refractivity contribution in [3.63, 3.8) is 0 Å². The molecular weight excluding hydrogens is 621 g/mol. The second-order valence-corrected chi connectivity index (χ2v) is 13.0. The van der Waals surface area contributed by atoms with Gasteiger partial charge in [-0.2, -0.15) is 0 Å². The molecule has 0 fully saturated rings. The highest BCUT2D eigenvalue weighted by atomic mass is 15.0. The monoisotopic (exact) mass is 648 g/mol. The van der Waals surface area contributed by atoms with Crippen molar-refractivity contribution in [3.8, 4) is 67.5 Å². The van der Waals surface area contributed by atoms with E-state index in [-0.39, 0.29) is 0 Å². The Hall–Kier alpha value is -6.96. The molecule has 10 rings (SSSR count). The van der Waals surface area contributed by atoms with Gasteiger partial charge in [0.2, 0.25) is 0 Å². The molecule has 0 atom stereocenters. The average molecular weight is 649 g/mol. The van der Waals surface area contributed by atoms with Crippen LogP contribution in [0.1, 0.15) is 22.3 Å².